The van der Waals surface area contributed by atoms with Crippen molar-refractivity contribution in [3.8, 4) is 0 Å². The van der Waals surface area contributed by atoms with E-state index in [0.29, 0.717) is 6.04 Å². The topological polar surface area (TPSA) is 34.8 Å². The van der Waals surface area contributed by atoms with Crippen molar-refractivity contribution in [3.05, 3.63) is 29.8 Å². The molecule has 0 aromatic carbocycles. The predicted molar refractivity (Wildman–Crippen MR) is 34.9 cm³/mol. The van der Waals surface area contributed by atoms with Crippen molar-refractivity contribution >= 4 is 0 Å². The van der Waals surface area contributed by atoms with Crippen LogP contribution in [-0.4, -0.2) is 11.5 Å². The highest BCUT2D eigenvalue weighted by molar-refractivity contribution is 5.19. The Hall–Kier alpha value is -0.960. The average Bonchev–Trinajstić information content (AvgIpc) is 2.71. The lowest BCUT2D eigenvalue weighted by atomic mass is 10.2. The second-order valence-electron chi connectivity index (χ2n) is 2.38. The summed E-state index contributed by atoms with van der Waals surface area (Å²) in [5.41, 5.74) is 1.07. The van der Waals surface area contributed by atoms with Crippen LogP contribution in [0.3, 0.4) is 0 Å². The van der Waals surface area contributed by atoms with Gasteiger partial charge in [0, 0.05) is 18.8 Å². The van der Waals surface area contributed by atoms with Gasteiger partial charge in [0.25, 0.3) is 0 Å². The van der Waals surface area contributed by atoms with Gasteiger partial charge in [-0.2, -0.15) is 4.39 Å². The molecule has 2 rings (SSSR count). The van der Waals surface area contributed by atoms with E-state index in [1.165, 1.54) is 6.07 Å². The van der Waals surface area contributed by atoms with E-state index >= 15 is 0 Å². The molecule has 1 aromatic heterocycles. The Labute approximate surface area is 58.1 Å². The van der Waals surface area contributed by atoms with Gasteiger partial charge in [0.2, 0.25) is 5.95 Å². The molecule has 0 aliphatic carbocycles. The standard InChI is InChI=1S/C7H7FN2/c8-7-2-1-5(3-10-7)6-4-9-6/h1-3,6,9H,4H2/t6-/m1/s1. The zero-order valence-corrected chi connectivity index (χ0v) is 5.34. The molecular weight excluding hydrogens is 131 g/mol. The smallest absolute Gasteiger partial charge is 0.212 e. The minimum Gasteiger partial charge on any atom is -0.307 e. The molecule has 0 radical (unpaired) electrons. The van der Waals surface area contributed by atoms with Crippen LogP contribution in [0.25, 0.3) is 0 Å². The van der Waals surface area contributed by atoms with Gasteiger partial charge in [-0.15, -0.1) is 0 Å². The third-order valence-electron chi connectivity index (χ3n) is 1.56. The van der Waals surface area contributed by atoms with Gasteiger partial charge in [-0.25, -0.2) is 4.98 Å². The van der Waals surface area contributed by atoms with E-state index in [2.05, 4.69) is 10.3 Å². The number of hydrogen-bond acceptors (Lipinski definition) is 2. The highest BCUT2D eigenvalue weighted by atomic mass is 19.1. The van der Waals surface area contributed by atoms with Crippen molar-refractivity contribution in [1.29, 1.82) is 0 Å². The van der Waals surface area contributed by atoms with Crippen molar-refractivity contribution < 1.29 is 4.39 Å². The highest BCUT2D eigenvalue weighted by Gasteiger charge is 2.21. The normalized spacial score (nSPS) is 22.7. The first-order valence-corrected chi connectivity index (χ1v) is 3.21. The molecule has 1 aromatic rings. The molecule has 2 nitrogen and oxygen atoms in total. The van der Waals surface area contributed by atoms with Crippen LogP contribution in [0.4, 0.5) is 4.39 Å². The van der Waals surface area contributed by atoms with E-state index in [0.717, 1.165) is 12.1 Å². The van der Waals surface area contributed by atoms with Crippen LogP contribution in [0.15, 0.2) is 18.3 Å². The summed E-state index contributed by atoms with van der Waals surface area (Å²) < 4.78 is 12.2. The average molecular weight is 138 g/mol. The summed E-state index contributed by atoms with van der Waals surface area (Å²) >= 11 is 0. The lowest BCUT2D eigenvalue weighted by molar-refractivity contribution is 0.582. The minimum absolute atomic E-state index is 0.413. The molecule has 0 saturated carbocycles. The fourth-order valence-corrected chi connectivity index (χ4v) is 0.888. The molecule has 10 heavy (non-hydrogen) atoms. The summed E-state index contributed by atoms with van der Waals surface area (Å²) in [5, 5.41) is 3.11. The van der Waals surface area contributed by atoms with Gasteiger partial charge in [0.05, 0.1) is 0 Å². The summed E-state index contributed by atoms with van der Waals surface area (Å²) in [4.78, 5) is 3.53. The molecule has 1 aliphatic rings. The van der Waals surface area contributed by atoms with Crippen molar-refractivity contribution in [1.82, 2.24) is 10.3 Å². The maximum Gasteiger partial charge on any atom is 0.212 e. The molecule has 0 unspecified atom stereocenters. The number of rotatable bonds is 1. The molecule has 0 spiro atoms. The van der Waals surface area contributed by atoms with Gasteiger partial charge in [-0.1, -0.05) is 6.07 Å². The van der Waals surface area contributed by atoms with E-state index < -0.39 is 5.95 Å². The van der Waals surface area contributed by atoms with Crippen LogP contribution < -0.4 is 5.32 Å². The molecule has 1 saturated heterocycles. The largest absolute Gasteiger partial charge is 0.307 e. The first-order valence-electron chi connectivity index (χ1n) is 3.21. The Morgan fingerprint density at radius 3 is 2.90 bits per heavy atom. The van der Waals surface area contributed by atoms with Crippen molar-refractivity contribution in [2.45, 2.75) is 6.04 Å². The van der Waals surface area contributed by atoms with Crippen LogP contribution in [0.1, 0.15) is 11.6 Å². The number of aromatic nitrogens is 1. The van der Waals surface area contributed by atoms with Crippen LogP contribution in [0.2, 0.25) is 0 Å². The molecule has 3 heteroatoms. The second kappa shape index (κ2) is 2.02. The molecule has 0 amide bonds. The van der Waals surface area contributed by atoms with E-state index in [-0.39, 0.29) is 0 Å². The van der Waals surface area contributed by atoms with Gasteiger partial charge in [0.15, 0.2) is 0 Å². The van der Waals surface area contributed by atoms with Crippen molar-refractivity contribution in [3.63, 3.8) is 0 Å². The van der Waals surface area contributed by atoms with Gasteiger partial charge in [-0.05, 0) is 11.6 Å². The van der Waals surface area contributed by atoms with Crippen molar-refractivity contribution in [2.24, 2.45) is 0 Å². The fourth-order valence-electron chi connectivity index (χ4n) is 0.888. The monoisotopic (exact) mass is 138 g/mol. The SMILES string of the molecule is Fc1ccc([C@H]2CN2)cn1. The molecular formula is C7H7FN2. The number of nitrogens with zero attached hydrogens (tertiary/aromatic N) is 1. The molecule has 1 aliphatic heterocycles. The maximum atomic E-state index is 12.2. The Bertz CT molecular complexity index is 228. The molecule has 52 valence electrons. The first kappa shape index (κ1) is 5.80. The maximum absolute atomic E-state index is 12.2. The van der Waals surface area contributed by atoms with Crippen LogP contribution >= 0.6 is 0 Å². The van der Waals surface area contributed by atoms with Gasteiger partial charge in [0.1, 0.15) is 0 Å². The van der Waals surface area contributed by atoms with E-state index in [1.807, 2.05) is 0 Å². The second-order valence-corrected chi connectivity index (χ2v) is 2.38. The Balaban J connectivity index is 2.28. The molecule has 1 atom stereocenters. The molecule has 1 fully saturated rings. The number of hydrogen-bond donors (Lipinski definition) is 1. The number of pyridine rings is 1. The summed E-state index contributed by atoms with van der Waals surface area (Å²) in [6.45, 7) is 0.993. The van der Waals surface area contributed by atoms with E-state index in [9.17, 15) is 4.39 Å². The summed E-state index contributed by atoms with van der Waals surface area (Å²) in [6.07, 6.45) is 1.57. The lowest BCUT2D eigenvalue weighted by Gasteiger charge is -1.92. The fraction of sp³-hybridized carbons (Fsp3) is 0.286. The van der Waals surface area contributed by atoms with Gasteiger partial charge in [-0.3, -0.25) is 0 Å². The highest BCUT2D eigenvalue weighted by Crippen LogP contribution is 2.19. The zero-order valence-electron chi connectivity index (χ0n) is 5.34. The number of nitrogens with one attached hydrogen (secondary N) is 1. The summed E-state index contributed by atoms with van der Waals surface area (Å²) in [7, 11) is 0. The van der Waals surface area contributed by atoms with Crippen LogP contribution in [-0.2, 0) is 0 Å². The molecule has 2 heterocycles. The summed E-state index contributed by atoms with van der Waals surface area (Å²) in [5.74, 6) is -0.413. The Kier molecular flexibility index (Phi) is 1.17. The zero-order chi connectivity index (χ0) is 6.97. The Morgan fingerprint density at radius 2 is 2.40 bits per heavy atom. The van der Waals surface area contributed by atoms with Gasteiger partial charge >= 0.3 is 0 Å². The minimum atomic E-state index is -0.413. The van der Waals surface area contributed by atoms with E-state index in [4.69, 9.17) is 0 Å². The third kappa shape index (κ3) is 0.998. The van der Waals surface area contributed by atoms with E-state index in [1.54, 1.807) is 12.3 Å². The van der Waals surface area contributed by atoms with Gasteiger partial charge < -0.3 is 5.32 Å². The van der Waals surface area contributed by atoms with Crippen molar-refractivity contribution in [2.75, 3.05) is 6.54 Å². The molecule has 0 bridgehead atoms. The third-order valence-corrected chi connectivity index (χ3v) is 1.56. The molecule has 1 N–H and O–H groups in total. The quantitative estimate of drug-likeness (QED) is 0.461. The van der Waals surface area contributed by atoms with Crippen LogP contribution in [0, 0.1) is 5.95 Å². The summed E-state index contributed by atoms with van der Waals surface area (Å²) in [6, 6.07) is 3.57. The van der Waals surface area contributed by atoms with Crippen LogP contribution in [0.5, 0.6) is 0 Å². The first-order chi connectivity index (χ1) is 4.86. The number of halogens is 1. The lowest BCUT2D eigenvalue weighted by Crippen LogP contribution is -1.87. The predicted octanol–water partition coefficient (Wildman–Crippen LogP) is 0.865. The Morgan fingerprint density at radius 1 is 1.60 bits per heavy atom.